The van der Waals surface area contributed by atoms with Gasteiger partial charge in [0.1, 0.15) is 5.37 Å². The van der Waals surface area contributed by atoms with E-state index >= 15 is 0 Å². The van der Waals surface area contributed by atoms with Crippen molar-refractivity contribution in [1.29, 1.82) is 0 Å². The van der Waals surface area contributed by atoms with E-state index in [0.29, 0.717) is 37.2 Å². The molecule has 1 aromatic carbocycles. The summed E-state index contributed by atoms with van der Waals surface area (Å²) in [4.78, 5) is 26.9. The van der Waals surface area contributed by atoms with Gasteiger partial charge in [-0.15, -0.1) is 11.8 Å². The van der Waals surface area contributed by atoms with Crippen LogP contribution in [0, 0.1) is 0 Å². The largest absolute Gasteiger partial charge is 0.416 e. The number of nitrogens with zero attached hydrogens (tertiary/aromatic N) is 2. The molecule has 1 fully saturated rings. The number of carbonyl (C=O) groups is 2. The predicted molar refractivity (Wildman–Crippen MR) is 90.9 cm³/mol. The fourth-order valence-corrected chi connectivity index (χ4v) is 3.90. The summed E-state index contributed by atoms with van der Waals surface area (Å²) in [5.41, 5.74) is -0.0151. The van der Waals surface area contributed by atoms with Crippen molar-refractivity contribution >= 4 is 23.6 Å². The van der Waals surface area contributed by atoms with Crippen LogP contribution in [0.4, 0.5) is 13.2 Å². The summed E-state index contributed by atoms with van der Waals surface area (Å²) in [6.45, 7) is 2.81. The first-order valence-electron chi connectivity index (χ1n) is 8.06. The lowest BCUT2D eigenvalue weighted by Crippen LogP contribution is -2.33. The van der Waals surface area contributed by atoms with Crippen molar-refractivity contribution in [1.82, 2.24) is 9.80 Å². The van der Waals surface area contributed by atoms with Crippen LogP contribution in [0.25, 0.3) is 0 Å². The maximum Gasteiger partial charge on any atom is 0.416 e. The van der Waals surface area contributed by atoms with Gasteiger partial charge in [0.2, 0.25) is 11.8 Å². The second-order valence-corrected chi connectivity index (χ2v) is 6.96. The van der Waals surface area contributed by atoms with Crippen LogP contribution in [-0.2, 0) is 15.8 Å². The van der Waals surface area contributed by atoms with Crippen molar-refractivity contribution in [3.05, 3.63) is 35.4 Å². The first kappa shape index (κ1) is 19.6. The van der Waals surface area contributed by atoms with E-state index in [9.17, 15) is 22.8 Å². The fraction of sp³-hybridized carbons (Fsp3) is 0.529. The lowest BCUT2D eigenvalue weighted by molar-refractivity contribution is -0.137. The Morgan fingerprint density at radius 2 is 1.96 bits per heavy atom. The van der Waals surface area contributed by atoms with Crippen molar-refractivity contribution in [3.8, 4) is 0 Å². The third kappa shape index (κ3) is 4.90. The van der Waals surface area contributed by atoms with Gasteiger partial charge in [-0.05, 0) is 24.1 Å². The van der Waals surface area contributed by atoms with Gasteiger partial charge >= 0.3 is 6.18 Å². The fourth-order valence-electron chi connectivity index (χ4n) is 2.68. The van der Waals surface area contributed by atoms with E-state index < -0.39 is 11.7 Å². The Morgan fingerprint density at radius 1 is 1.32 bits per heavy atom. The van der Waals surface area contributed by atoms with Gasteiger partial charge < -0.3 is 9.80 Å². The average molecular weight is 374 g/mol. The molecule has 0 saturated carbocycles. The molecule has 0 aliphatic carbocycles. The van der Waals surface area contributed by atoms with E-state index in [1.807, 2.05) is 0 Å². The van der Waals surface area contributed by atoms with E-state index in [2.05, 4.69) is 0 Å². The minimum atomic E-state index is -4.37. The molecular formula is C17H21F3N2O2S. The molecule has 0 bridgehead atoms. The van der Waals surface area contributed by atoms with E-state index in [4.69, 9.17) is 0 Å². The summed E-state index contributed by atoms with van der Waals surface area (Å²) < 4.78 is 38.0. The third-order valence-electron chi connectivity index (χ3n) is 4.11. The SMILES string of the molecule is CCC(=O)N(C)CCCN1C(=O)CSC1c1ccc(C(F)(F)F)cc1. The number of benzene rings is 1. The number of hydrogen-bond acceptors (Lipinski definition) is 3. The number of thioether (sulfide) groups is 1. The Hall–Kier alpha value is -1.70. The van der Waals surface area contributed by atoms with E-state index in [0.717, 1.165) is 12.1 Å². The predicted octanol–water partition coefficient (Wildman–Crippen LogP) is 3.54. The molecule has 1 aromatic rings. The van der Waals surface area contributed by atoms with Crippen molar-refractivity contribution in [2.75, 3.05) is 25.9 Å². The first-order chi connectivity index (χ1) is 11.7. The Labute approximate surface area is 149 Å². The highest BCUT2D eigenvalue weighted by atomic mass is 32.2. The number of halogens is 3. The summed E-state index contributed by atoms with van der Waals surface area (Å²) in [6.07, 6.45) is -3.30. The molecule has 1 unspecified atom stereocenters. The Morgan fingerprint density at radius 3 is 2.52 bits per heavy atom. The number of hydrogen-bond donors (Lipinski definition) is 0. The molecule has 0 N–H and O–H groups in total. The molecule has 1 heterocycles. The van der Waals surface area contributed by atoms with Crippen LogP contribution in [0.5, 0.6) is 0 Å². The second kappa shape index (κ2) is 8.12. The maximum atomic E-state index is 12.7. The van der Waals surface area contributed by atoms with Crippen LogP contribution in [0.3, 0.4) is 0 Å². The summed E-state index contributed by atoms with van der Waals surface area (Å²) in [5, 5.41) is -0.276. The standard InChI is InChI=1S/C17H21F3N2O2S/c1-3-14(23)21(2)9-4-10-22-15(24)11-25-16(22)12-5-7-13(8-6-12)17(18,19)20/h5-8,16H,3-4,9-11H2,1-2H3. The van der Waals surface area contributed by atoms with E-state index in [1.54, 1.807) is 23.8 Å². The van der Waals surface area contributed by atoms with Crippen molar-refractivity contribution in [2.24, 2.45) is 0 Å². The van der Waals surface area contributed by atoms with Gasteiger partial charge in [0.05, 0.1) is 11.3 Å². The first-order valence-corrected chi connectivity index (χ1v) is 9.11. The zero-order chi connectivity index (χ0) is 18.6. The number of carbonyl (C=O) groups excluding carboxylic acids is 2. The molecule has 25 heavy (non-hydrogen) atoms. The van der Waals surface area contributed by atoms with Gasteiger partial charge in [-0.3, -0.25) is 9.59 Å². The van der Waals surface area contributed by atoms with Gasteiger partial charge in [0, 0.05) is 26.6 Å². The van der Waals surface area contributed by atoms with E-state index in [1.165, 1.54) is 23.9 Å². The quantitative estimate of drug-likeness (QED) is 0.765. The van der Waals surface area contributed by atoms with Crippen LogP contribution in [0.1, 0.15) is 36.3 Å². The molecule has 2 rings (SSSR count). The van der Waals surface area contributed by atoms with Crippen LogP contribution in [0.15, 0.2) is 24.3 Å². The third-order valence-corrected chi connectivity index (χ3v) is 5.37. The Bertz CT molecular complexity index is 619. The monoisotopic (exact) mass is 374 g/mol. The molecule has 0 radical (unpaired) electrons. The van der Waals surface area contributed by atoms with Gasteiger partial charge in [-0.1, -0.05) is 19.1 Å². The number of rotatable bonds is 6. The van der Waals surface area contributed by atoms with Gasteiger partial charge in [0.15, 0.2) is 0 Å². The summed E-state index contributed by atoms with van der Waals surface area (Å²) in [5.74, 6) is 0.330. The van der Waals surface area contributed by atoms with Crippen molar-refractivity contribution < 1.29 is 22.8 Å². The smallest absolute Gasteiger partial charge is 0.346 e. The zero-order valence-corrected chi connectivity index (χ0v) is 15.0. The van der Waals surface area contributed by atoms with Crippen LogP contribution in [-0.4, -0.2) is 47.5 Å². The Balaban J connectivity index is 2.00. The molecule has 1 atom stereocenters. The van der Waals surface area contributed by atoms with Gasteiger partial charge in [-0.25, -0.2) is 0 Å². The lowest BCUT2D eigenvalue weighted by atomic mass is 10.1. The zero-order valence-electron chi connectivity index (χ0n) is 14.2. The molecule has 4 nitrogen and oxygen atoms in total. The minimum absolute atomic E-state index is 0.0284. The lowest BCUT2D eigenvalue weighted by Gasteiger charge is -2.25. The molecule has 8 heteroatoms. The molecule has 1 saturated heterocycles. The molecule has 0 aromatic heterocycles. The number of alkyl halides is 3. The topological polar surface area (TPSA) is 40.6 Å². The molecular weight excluding hydrogens is 353 g/mol. The summed E-state index contributed by atoms with van der Waals surface area (Å²) in [6, 6.07) is 4.95. The number of amides is 2. The maximum absolute atomic E-state index is 12.7. The average Bonchev–Trinajstić information content (AvgIpc) is 2.94. The van der Waals surface area contributed by atoms with Crippen LogP contribution >= 0.6 is 11.8 Å². The van der Waals surface area contributed by atoms with E-state index in [-0.39, 0.29) is 17.2 Å². The second-order valence-electron chi connectivity index (χ2n) is 5.89. The van der Waals surface area contributed by atoms with Gasteiger partial charge in [0.25, 0.3) is 0 Å². The van der Waals surface area contributed by atoms with Crippen molar-refractivity contribution in [3.63, 3.8) is 0 Å². The molecule has 1 aliphatic rings. The highest BCUT2D eigenvalue weighted by molar-refractivity contribution is 8.00. The molecule has 2 amide bonds. The molecule has 138 valence electrons. The molecule has 0 spiro atoms. The van der Waals surface area contributed by atoms with Crippen molar-refractivity contribution in [2.45, 2.75) is 31.3 Å². The minimum Gasteiger partial charge on any atom is -0.346 e. The Kier molecular flexibility index (Phi) is 6.37. The summed E-state index contributed by atoms with van der Waals surface area (Å²) in [7, 11) is 1.72. The highest BCUT2D eigenvalue weighted by Crippen LogP contribution is 2.39. The normalized spacial score (nSPS) is 17.9. The molecule has 1 aliphatic heterocycles. The van der Waals surface area contributed by atoms with Gasteiger partial charge in [-0.2, -0.15) is 13.2 Å². The van der Waals surface area contributed by atoms with Crippen LogP contribution in [0.2, 0.25) is 0 Å². The highest BCUT2D eigenvalue weighted by Gasteiger charge is 2.34. The van der Waals surface area contributed by atoms with Crippen LogP contribution < -0.4 is 0 Å². The summed E-state index contributed by atoms with van der Waals surface area (Å²) >= 11 is 1.41.